The Balaban J connectivity index is 1.48. The number of imidazole rings is 1. The molecule has 1 aliphatic heterocycles. The first-order valence-electron chi connectivity index (χ1n) is 7.85. The van der Waals surface area contributed by atoms with Crippen LogP contribution in [0.4, 0.5) is 0 Å². The Morgan fingerprint density at radius 3 is 3.00 bits per heavy atom. The van der Waals surface area contributed by atoms with Crippen LogP contribution in [0.3, 0.4) is 0 Å². The number of fused-ring (bicyclic) bond motifs is 1. The minimum Gasteiger partial charge on any atom is -0.347 e. The third-order valence-corrected chi connectivity index (χ3v) is 3.91. The number of rotatable bonds is 9. The van der Waals surface area contributed by atoms with Gasteiger partial charge in [0.15, 0.2) is 0 Å². The highest BCUT2D eigenvalue weighted by Gasteiger charge is 2.18. The summed E-state index contributed by atoms with van der Waals surface area (Å²) in [6, 6.07) is 0.538. The fraction of sp³-hybridized carbons (Fsp3) is 0.800. The summed E-state index contributed by atoms with van der Waals surface area (Å²) in [5.74, 6) is 0. The Morgan fingerprint density at radius 2 is 2.11 bits per heavy atom. The molecule has 19 heavy (non-hydrogen) atoms. The van der Waals surface area contributed by atoms with Crippen molar-refractivity contribution in [3.8, 4) is 0 Å². The van der Waals surface area contributed by atoms with Gasteiger partial charge < -0.3 is 15.6 Å². The van der Waals surface area contributed by atoms with Crippen molar-refractivity contribution in [3.63, 3.8) is 0 Å². The number of nitrogens with zero attached hydrogens (tertiary/aromatic N) is 1. The Kier molecular flexibility index (Phi) is 6.37. The van der Waals surface area contributed by atoms with E-state index in [9.17, 15) is 0 Å². The van der Waals surface area contributed by atoms with Gasteiger partial charge >= 0.3 is 0 Å². The number of unbranched alkanes of at least 4 members (excludes halogenated alkanes) is 5. The molecule has 0 amide bonds. The molecule has 0 aromatic carbocycles. The van der Waals surface area contributed by atoms with Crippen LogP contribution < -0.4 is 10.6 Å². The van der Waals surface area contributed by atoms with Crippen molar-refractivity contribution in [2.75, 3.05) is 13.1 Å². The highest BCUT2D eigenvalue weighted by molar-refractivity contribution is 5.15. The van der Waals surface area contributed by atoms with Crippen LogP contribution in [0.15, 0.2) is 6.33 Å². The van der Waals surface area contributed by atoms with E-state index in [1.807, 2.05) is 0 Å². The van der Waals surface area contributed by atoms with Gasteiger partial charge in [-0.1, -0.05) is 39.0 Å². The molecule has 0 spiro atoms. The van der Waals surface area contributed by atoms with Crippen molar-refractivity contribution < 1.29 is 0 Å². The predicted octanol–water partition coefficient (Wildman–Crippen LogP) is 2.37. The van der Waals surface area contributed by atoms with Crippen LogP contribution in [0.25, 0.3) is 0 Å². The molecule has 0 saturated heterocycles. The summed E-state index contributed by atoms with van der Waals surface area (Å²) in [6.07, 6.45) is 11.1. The fourth-order valence-electron chi connectivity index (χ4n) is 2.68. The van der Waals surface area contributed by atoms with Crippen LogP contribution >= 0.6 is 0 Å². The molecule has 4 nitrogen and oxygen atoms in total. The number of nitrogens with one attached hydrogen (secondary N) is 3. The lowest BCUT2D eigenvalue weighted by atomic mass is 10.1. The van der Waals surface area contributed by atoms with Gasteiger partial charge in [0.05, 0.1) is 17.7 Å². The van der Waals surface area contributed by atoms with Gasteiger partial charge in [0.1, 0.15) is 0 Å². The first kappa shape index (κ1) is 14.5. The molecule has 1 aromatic rings. The summed E-state index contributed by atoms with van der Waals surface area (Å²) in [6.45, 7) is 5.40. The molecular formula is C15H28N4. The van der Waals surface area contributed by atoms with Crippen molar-refractivity contribution in [1.29, 1.82) is 0 Å². The highest BCUT2D eigenvalue weighted by atomic mass is 15.0. The van der Waals surface area contributed by atoms with E-state index in [1.54, 1.807) is 6.33 Å². The summed E-state index contributed by atoms with van der Waals surface area (Å²) < 4.78 is 0. The lowest BCUT2D eigenvalue weighted by Gasteiger charge is -2.23. The molecular weight excluding hydrogens is 236 g/mol. The molecule has 2 rings (SSSR count). The van der Waals surface area contributed by atoms with Crippen LogP contribution in [-0.4, -0.2) is 29.1 Å². The lowest BCUT2D eigenvalue weighted by molar-refractivity contribution is 0.437. The smallest absolute Gasteiger partial charge is 0.0925 e. The zero-order chi connectivity index (χ0) is 13.3. The molecule has 4 heteroatoms. The monoisotopic (exact) mass is 264 g/mol. The summed E-state index contributed by atoms with van der Waals surface area (Å²) in [5.41, 5.74) is 2.50. The molecule has 2 heterocycles. The second kappa shape index (κ2) is 8.33. The van der Waals surface area contributed by atoms with Gasteiger partial charge in [0, 0.05) is 25.6 Å². The molecule has 0 saturated carbocycles. The molecule has 0 bridgehead atoms. The van der Waals surface area contributed by atoms with Gasteiger partial charge in [-0.2, -0.15) is 0 Å². The Bertz CT molecular complexity index is 348. The molecule has 1 aromatic heterocycles. The zero-order valence-corrected chi connectivity index (χ0v) is 12.2. The number of aromatic amines is 1. The number of hydrogen-bond acceptors (Lipinski definition) is 3. The van der Waals surface area contributed by atoms with E-state index in [1.165, 1.54) is 49.9 Å². The quantitative estimate of drug-likeness (QED) is 0.600. The van der Waals surface area contributed by atoms with E-state index in [2.05, 4.69) is 27.5 Å². The fourth-order valence-corrected chi connectivity index (χ4v) is 2.68. The molecule has 108 valence electrons. The molecule has 1 unspecified atom stereocenters. The van der Waals surface area contributed by atoms with Crippen molar-refractivity contribution in [1.82, 2.24) is 20.6 Å². The zero-order valence-electron chi connectivity index (χ0n) is 12.2. The topological polar surface area (TPSA) is 52.7 Å². The van der Waals surface area contributed by atoms with Gasteiger partial charge in [-0.15, -0.1) is 0 Å². The number of H-pyrrole nitrogens is 1. The third-order valence-electron chi connectivity index (χ3n) is 3.91. The maximum absolute atomic E-state index is 4.37. The Morgan fingerprint density at radius 1 is 1.26 bits per heavy atom. The number of hydrogen-bond donors (Lipinski definition) is 3. The Labute approximate surface area is 116 Å². The van der Waals surface area contributed by atoms with E-state index >= 15 is 0 Å². The maximum Gasteiger partial charge on any atom is 0.0925 e. The minimum atomic E-state index is 0.538. The first-order valence-corrected chi connectivity index (χ1v) is 7.85. The minimum absolute atomic E-state index is 0.538. The molecule has 0 fully saturated rings. The van der Waals surface area contributed by atoms with E-state index in [0.717, 1.165) is 26.1 Å². The Hall–Kier alpha value is -0.870. The van der Waals surface area contributed by atoms with Crippen LogP contribution in [0.5, 0.6) is 0 Å². The van der Waals surface area contributed by atoms with Gasteiger partial charge in [0.2, 0.25) is 0 Å². The summed E-state index contributed by atoms with van der Waals surface area (Å²) in [7, 11) is 0. The van der Waals surface area contributed by atoms with Gasteiger partial charge in [0.25, 0.3) is 0 Å². The predicted molar refractivity (Wildman–Crippen MR) is 79.2 cm³/mol. The van der Waals surface area contributed by atoms with Crippen molar-refractivity contribution in [2.45, 2.75) is 64.5 Å². The van der Waals surface area contributed by atoms with Gasteiger partial charge in [-0.3, -0.25) is 0 Å². The molecule has 3 N–H and O–H groups in total. The van der Waals surface area contributed by atoms with Gasteiger partial charge in [-0.05, 0) is 13.0 Å². The van der Waals surface area contributed by atoms with E-state index in [0.29, 0.717) is 6.04 Å². The van der Waals surface area contributed by atoms with Crippen LogP contribution in [0.1, 0.15) is 56.8 Å². The van der Waals surface area contributed by atoms with Gasteiger partial charge in [-0.25, -0.2) is 4.98 Å². The average Bonchev–Trinajstić information content (AvgIpc) is 2.89. The summed E-state index contributed by atoms with van der Waals surface area (Å²) in [4.78, 5) is 7.55. The second-order valence-corrected chi connectivity index (χ2v) is 5.58. The molecule has 1 aliphatic rings. The van der Waals surface area contributed by atoms with Crippen molar-refractivity contribution >= 4 is 0 Å². The highest BCUT2D eigenvalue weighted by Crippen LogP contribution is 2.11. The van der Waals surface area contributed by atoms with E-state index in [-0.39, 0.29) is 0 Å². The largest absolute Gasteiger partial charge is 0.347 e. The molecule has 1 atom stereocenters. The summed E-state index contributed by atoms with van der Waals surface area (Å²) >= 11 is 0. The maximum atomic E-state index is 4.37. The molecule has 0 radical (unpaired) electrons. The second-order valence-electron chi connectivity index (χ2n) is 5.58. The average molecular weight is 264 g/mol. The lowest BCUT2D eigenvalue weighted by Crippen LogP contribution is -2.43. The SMILES string of the molecule is CCCCCCCCNCC1Cc2nc[nH]c2CN1. The van der Waals surface area contributed by atoms with Crippen molar-refractivity contribution in [2.24, 2.45) is 0 Å². The van der Waals surface area contributed by atoms with Crippen LogP contribution in [-0.2, 0) is 13.0 Å². The third kappa shape index (κ3) is 4.96. The van der Waals surface area contributed by atoms with E-state index < -0.39 is 0 Å². The summed E-state index contributed by atoms with van der Waals surface area (Å²) in [5, 5.41) is 7.11. The number of aromatic nitrogens is 2. The first-order chi connectivity index (χ1) is 9.40. The molecule has 0 aliphatic carbocycles. The van der Waals surface area contributed by atoms with Crippen LogP contribution in [0, 0.1) is 0 Å². The van der Waals surface area contributed by atoms with Crippen molar-refractivity contribution in [3.05, 3.63) is 17.7 Å². The standard InChI is InChI=1S/C15H28N4/c1-2-3-4-5-6-7-8-16-10-13-9-14-15(11-17-13)19-12-18-14/h12-13,16-17H,2-11H2,1H3,(H,18,19). The van der Waals surface area contributed by atoms with E-state index in [4.69, 9.17) is 0 Å². The normalized spacial score (nSPS) is 18.5. The van der Waals surface area contributed by atoms with Crippen LogP contribution in [0.2, 0.25) is 0 Å².